The fourth-order valence-electron chi connectivity index (χ4n) is 2.70. The highest BCUT2D eigenvalue weighted by Crippen LogP contribution is 2.13. The Bertz CT molecular complexity index is 355. The average molecular weight is 262 g/mol. The van der Waals surface area contributed by atoms with Gasteiger partial charge in [-0.25, -0.2) is 0 Å². The molecule has 2 unspecified atom stereocenters. The minimum atomic E-state index is 0.591. The van der Waals surface area contributed by atoms with Gasteiger partial charge in [0, 0.05) is 45.9 Å². The molecule has 106 valence electrons. The molecule has 0 aliphatic carbocycles. The maximum Gasteiger partial charge on any atom is 0.0499 e. The van der Waals surface area contributed by atoms with Crippen LogP contribution in [0.25, 0.3) is 0 Å². The van der Waals surface area contributed by atoms with E-state index >= 15 is 0 Å². The van der Waals surface area contributed by atoms with Gasteiger partial charge in [-0.15, -0.1) is 0 Å². The van der Waals surface area contributed by atoms with Gasteiger partial charge >= 0.3 is 0 Å². The Morgan fingerprint density at radius 1 is 1.37 bits per heavy atom. The monoisotopic (exact) mass is 262 g/mol. The number of rotatable bonds is 7. The molecule has 0 saturated carbocycles. The lowest BCUT2D eigenvalue weighted by molar-refractivity contribution is 0.156. The van der Waals surface area contributed by atoms with Gasteiger partial charge in [-0.3, -0.25) is 4.90 Å². The van der Waals surface area contributed by atoms with Gasteiger partial charge in [0.1, 0.15) is 0 Å². The summed E-state index contributed by atoms with van der Waals surface area (Å²) in [6, 6.07) is 11.4. The molecule has 19 heavy (non-hydrogen) atoms. The molecule has 1 saturated heterocycles. The summed E-state index contributed by atoms with van der Waals surface area (Å²) in [4.78, 5) is 2.54. The molecule has 1 aliphatic heterocycles. The molecule has 1 N–H and O–H groups in total. The fraction of sp³-hybridized carbons (Fsp3) is 0.625. The molecule has 0 amide bonds. The van der Waals surface area contributed by atoms with Gasteiger partial charge < -0.3 is 10.1 Å². The van der Waals surface area contributed by atoms with E-state index in [4.69, 9.17) is 4.74 Å². The average Bonchev–Trinajstić information content (AvgIpc) is 2.86. The van der Waals surface area contributed by atoms with E-state index in [1.54, 1.807) is 7.11 Å². The summed E-state index contributed by atoms with van der Waals surface area (Å²) in [6.07, 6.45) is 1.26. The van der Waals surface area contributed by atoms with Crippen LogP contribution < -0.4 is 5.32 Å². The van der Waals surface area contributed by atoms with Crippen LogP contribution in [0.15, 0.2) is 30.3 Å². The van der Waals surface area contributed by atoms with Gasteiger partial charge in [0.25, 0.3) is 0 Å². The summed E-state index contributed by atoms with van der Waals surface area (Å²) in [6.45, 7) is 7.56. The lowest BCUT2D eigenvalue weighted by atomic mass is 10.1. The molecule has 2 atom stereocenters. The van der Waals surface area contributed by atoms with Crippen LogP contribution in [-0.2, 0) is 11.3 Å². The Hall–Kier alpha value is -0.900. The maximum atomic E-state index is 5.17. The summed E-state index contributed by atoms with van der Waals surface area (Å²) in [5.74, 6) is 0.591. The summed E-state index contributed by atoms with van der Waals surface area (Å²) in [5, 5.41) is 3.66. The zero-order chi connectivity index (χ0) is 13.5. The van der Waals surface area contributed by atoms with Crippen LogP contribution >= 0.6 is 0 Å². The minimum Gasteiger partial charge on any atom is -0.384 e. The summed E-state index contributed by atoms with van der Waals surface area (Å²) in [7, 11) is 1.77. The number of likely N-dealkylation sites (tertiary alicyclic amines) is 1. The van der Waals surface area contributed by atoms with Crippen LogP contribution in [-0.4, -0.2) is 44.3 Å². The first kappa shape index (κ1) is 14.5. The van der Waals surface area contributed by atoms with E-state index in [2.05, 4.69) is 47.5 Å². The molecular formula is C16H26N2O. The minimum absolute atomic E-state index is 0.591. The highest BCUT2D eigenvalue weighted by atomic mass is 16.5. The number of ether oxygens (including phenoxy) is 1. The molecule has 1 fully saturated rings. The van der Waals surface area contributed by atoms with Crippen molar-refractivity contribution in [1.29, 1.82) is 0 Å². The van der Waals surface area contributed by atoms with E-state index < -0.39 is 0 Å². The van der Waals surface area contributed by atoms with E-state index in [1.807, 2.05) is 0 Å². The van der Waals surface area contributed by atoms with E-state index in [9.17, 15) is 0 Å². The van der Waals surface area contributed by atoms with Crippen molar-refractivity contribution in [3.8, 4) is 0 Å². The van der Waals surface area contributed by atoms with Crippen LogP contribution in [0.5, 0.6) is 0 Å². The topological polar surface area (TPSA) is 24.5 Å². The lowest BCUT2D eigenvalue weighted by Gasteiger charge is -2.18. The molecule has 1 aromatic carbocycles. The Kier molecular flexibility index (Phi) is 5.83. The largest absolute Gasteiger partial charge is 0.384 e. The fourth-order valence-corrected chi connectivity index (χ4v) is 2.70. The molecule has 0 aromatic heterocycles. The first-order chi connectivity index (χ1) is 9.28. The van der Waals surface area contributed by atoms with Gasteiger partial charge in [0.05, 0.1) is 0 Å². The third-order valence-electron chi connectivity index (χ3n) is 3.73. The van der Waals surface area contributed by atoms with Crippen molar-refractivity contribution in [2.24, 2.45) is 5.92 Å². The lowest BCUT2D eigenvalue weighted by Crippen LogP contribution is -2.36. The van der Waals surface area contributed by atoms with Crippen molar-refractivity contribution in [2.75, 3.05) is 33.4 Å². The zero-order valence-electron chi connectivity index (χ0n) is 12.1. The van der Waals surface area contributed by atoms with Crippen molar-refractivity contribution in [2.45, 2.75) is 25.9 Å². The van der Waals surface area contributed by atoms with Crippen LogP contribution in [0.4, 0.5) is 0 Å². The summed E-state index contributed by atoms with van der Waals surface area (Å²) in [5.41, 5.74) is 1.41. The molecular weight excluding hydrogens is 236 g/mol. The smallest absolute Gasteiger partial charge is 0.0499 e. The van der Waals surface area contributed by atoms with E-state index in [0.29, 0.717) is 12.0 Å². The number of hydrogen-bond acceptors (Lipinski definition) is 3. The van der Waals surface area contributed by atoms with Crippen molar-refractivity contribution < 1.29 is 4.74 Å². The number of nitrogens with one attached hydrogen (secondary N) is 1. The second-order valence-electron chi connectivity index (χ2n) is 5.68. The van der Waals surface area contributed by atoms with Gasteiger partial charge in [-0.1, -0.05) is 37.3 Å². The molecule has 3 nitrogen and oxygen atoms in total. The zero-order valence-corrected chi connectivity index (χ0v) is 12.1. The third-order valence-corrected chi connectivity index (χ3v) is 3.73. The quantitative estimate of drug-likeness (QED) is 0.815. The van der Waals surface area contributed by atoms with Gasteiger partial charge in [0.2, 0.25) is 0 Å². The highest BCUT2D eigenvalue weighted by molar-refractivity contribution is 5.14. The Balaban J connectivity index is 1.68. The van der Waals surface area contributed by atoms with Crippen LogP contribution in [0.2, 0.25) is 0 Å². The number of methoxy groups -OCH3 is 1. The molecule has 0 bridgehead atoms. The number of benzene rings is 1. The summed E-state index contributed by atoms with van der Waals surface area (Å²) < 4.78 is 5.17. The Morgan fingerprint density at radius 2 is 2.16 bits per heavy atom. The molecule has 0 spiro atoms. The second kappa shape index (κ2) is 7.63. The van der Waals surface area contributed by atoms with E-state index in [0.717, 1.165) is 26.2 Å². The normalized spacial score (nSPS) is 21.7. The van der Waals surface area contributed by atoms with Crippen molar-refractivity contribution in [3.63, 3.8) is 0 Å². The predicted molar refractivity (Wildman–Crippen MR) is 79.2 cm³/mol. The summed E-state index contributed by atoms with van der Waals surface area (Å²) >= 11 is 0. The van der Waals surface area contributed by atoms with Crippen LogP contribution in [0.1, 0.15) is 18.9 Å². The van der Waals surface area contributed by atoms with E-state index in [1.165, 1.54) is 18.5 Å². The third kappa shape index (κ3) is 4.94. The second-order valence-corrected chi connectivity index (χ2v) is 5.68. The molecule has 1 aromatic rings. The van der Waals surface area contributed by atoms with Gasteiger partial charge in [0.15, 0.2) is 0 Å². The van der Waals surface area contributed by atoms with Gasteiger partial charge in [-0.05, 0) is 17.9 Å². The molecule has 1 heterocycles. The number of hydrogen-bond donors (Lipinski definition) is 1. The molecule has 3 heteroatoms. The molecule has 1 aliphatic rings. The first-order valence-corrected chi connectivity index (χ1v) is 7.26. The van der Waals surface area contributed by atoms with Crippen molar-refractivity contribution >= 4 is 0 Å². The Labute approximate surface area is 116 Å². The van der Waals surface area contributed by atoms with Crippen LogP contribution in [0, 0.1) is 5.92 Å². The SMILES string of the molecule is COCC(C)CNC1CCN(Cc2ccccc2)C1. The van der Waals surface area contributed by atoms with E-state index in [-0.39, 0.29) is 0 Å². The van der Waals surface area contributed by atoms with Crippen LogP contribution in [0.3, 0.4) is 0 Å². The Morgan fingerprint density at radius 3 is 2.89 bits per heavy atom. The maximum absolute atomic E-state index is 5.17. The van der Waals surface area contributed by atoms with Crippen molar-refractivity contribution in [3.05, 3.63) is 35.9 Å². The number of nitrogens with zero attached hydrogens (tertiary/aromatic N) is 1. The highest BCUT2D eigenvalue weighted by Gasteiger charge is 2.22. The standard InChI is InChI=1S/C16H26N2O/c1-14(13-19-2)10-17-16-8-9-18(12-16)11-15-6-4-3-5-7-15/h3-7,14,16-17H,8-13H2,1-2H3. The molecule has 0 radical (unpaired) electrons. The predicted octanol–water partition coefficient (Wildman–Crippen LogP) is 2.13. The first-order valence-electron chi connectivity index (χ1n) is 7.26. The van der Waals surface area contributed by atoms with Gasteiger partial charge in [-0.2, -0.15) is 0 Å². The molecule has 2 rings (SSSR count). The van der Waals surface area contributed by atoms with Crippen molar-refractivity contribution in [1.82, 2.24) is 10.2 Å².